The fraction of sp³-hybridized carbons (Fsp3) is 0.125. The number of rotatable bonds is 6. The number of aromatic nitrogens is 3. The van der Waals surface area contributed by atoms with E-state index < -0.39 is 4.92 Å². The highest BCUT2D eigenvalue weighted by Gasteiger charge is 2.27. The summed E-state index contributed by atoms with van der Waals surface area (Å²) < 4.78 is 15.3. The molecule has 170 valence electrons. The summed E-state index contributed by atoms with van der Waals surface area (Å²) in [6, 6.07) is 20.1. The van der Waals surface area contributed by atoms with E-state index in [0.29, 0.717) is 35.2 Å². The quantitative estimate of drug-likeness (QED) is 0.229. The van der Waals surface area contributed by atoms with Crippen LogP contribution < -0.4 is 4.90 Å². The molecule has 0 radical (unpaired) electrons. The lowest BCUT2D eigenvalue weighted by atomic mass is 10.1. The van der Waals surface area contributed by atoms with Crippen LogP contribution in [0.25, 0.3) is 17.1 Å². The van der Waals surface area contributed by atoms with Crippen molar-refractivity contribution in [1.29, 1.82) is 0 Å². The number of nitrogens with zero attached hydrogens (tertiary/aromatic N) is 5. The van der Waals surface area contributed by atoms with Crippen molar-refractivity contribution in [3.05, 3.63) is 94.3 Å². The second kappa shape index (κ2) is 9.06. The maximum Gasteiger partial charge on any atom is 0.269 e. The molecule has 0 unspecified atom stereocenters. The second-order valence-electron chi connectivity index (χ2n) is 7.64. The van der Waals surface area contributed by atoms with E-state index in [-0.39, 0.29) is 23.2 Å². The van der Waals surface area contributed by atoms with Gasteiger partial charge in [0.1, 0.15) is 5.82 Å². The second-order valence-corrected chi connectivity index (χ2v) is 8.58. The van der Waals surface area contributed by atoms with Crippen LogP contribution in [-0.2, 0) is 11.2 Å². The van der Waals surface area contributed by atoms with E-state index in [1.807, 2.05) is 34.9 Å². The molecule has 10 heteroatoms. The van der Waals surface area contributed by atoms with E-state index in [1.54, 1.807) is 23.1 Å². The van der Waals surface area contributed by atoms with Crippen LogP contribution in [0.4, 0.5) is 15.8 Å². The van der Waals surface area contributed by atoms with Crippen LogP contribution >= 0.6 is 11.8 Å². The number of non-ortho nitro benzene ring substituents is 1. The van der Waals surface area contributed by atoms with Crippen molar-refractivity contribution in [2.24, 2.45) is 0 Å². The normalized spacial score (nSPS) is 12.6. The van der Waals surface area contributed by atoms with Crippen LogP contribution in [-0.4, -0.2) is 37.9 Å². The summed E-state index contributed by atoms with van der Waals surface area (Å²) >= 11 is 1.25. The topological polar surface area (TPSA) is 94.2 Å². The highest BCUT2D eigenvalue weighted by Crippen LogP contribution is 2.33. The first kappa shape index (κ1) is 21.8. The minimum absolute atomic E-state index is 0.0201. The van der Waals surface area contributed by atoms with Crippen molar-refractivity contribution < 1.29 is 14.1 Å². The van der Waals surface area contributed by atoms with E-state index in [9.17, 15) is 19.3 Å². The van der Waals surface area contributed by atoms with Crippen molar-refractivity contribution >= 4 is 29.0 Å². The number of anilines is 1. The SMILES string of the molecule is O=C(CSc1nnc(-c2ccc(F)cc2)n1-c1ccccc1)N1CCc2cc([N+](=O)[O-])ccc21. The summed E-state index contributed by atoms with van der Waals surface area (Å²) in [5, 5.41) is 20.2. The first-order valence-corrected chi connectivity index (χ1v) is 11.5. The van der Waals surface area contributed by atoms with Gasteiger partial charge in [-0.25, -0.2) is 4.39 Å². The van der Waals surface area contributed by atoms with Crippen molar-refractivity contribution in [3.63, 3.8) is 0 Å². The number of carbonyl (C=O) groups excluding carboxylic acids is 1. The summed E-state index contributed by atoms with van der Waals surface area (Å²) in [4.78, 5) is 25.3. The molecule has 0 saturated heterocycles. The maximum atomic E-state index is 13.4. The molecule has 1 aliphatic rings. The zero-order valence-electron chi connectivity index (χ0n) is 17.8. The third-order valence-corrected chi connectivity index (χ3v) is 6.46. The Hall–Kier alpha value is -4.05. The number of nitro groups is 1. The summed E-state index contributed by atoms with van der Waals surface area (Å²) in [6.07, 6.45) is 0.572. The lowest BCUT2D eigenvalue weighted by molar-refractivity contribution is -0.384. The Morgan fingerprint density at radius 1 is 1.06 bits per heavy atom. The zero-order chi connectivity index (χ0) is 23.7. The fourth-order valence-corrected chi connectivity index (χ4v) is 4.75. The van der Waals surface area contributed by atoms with Gasteiger partial charge in [-0.2, -0.15) is 0 Å². The molecule has 0 saturated carbocycles. The summed E-state index contributed by atoms with van der Waals surface area (Å²) in [5.74, 6) is 0.194. The van der Waals surface area contributed by atoms with Gasteiger partial charge in [-0.1, -0.05) is 30.0 Å². The minimum atomic E-state index is -0.435. The standard InChI is InChI=1S/C24H18FN5O3S/c25-18-8-6-16(7-9-18)23-26-27-24(29(23)19-4-2-1-3-5-19)34-15-22(31)28-13-12-17-14-20(30(32)33)10-11-21(17)28/h1-11,14H,12-13,15H2. The number of para-hydroxylation sites is 1. The molecule has 1 aromatic heterocycles. The van der Waals surface area contributed by atoms with Crippen LogP contribution in [0.5, 0.6) is 0 Å². The molecule has 0 bridgehead atoms. The van der Waals surface area contributed by atoms with E-state index >= 15 is 0 Å². The van der Waals surface area contributed by atoms with Gasteiger partial charge in [0.05, 0.1) is 10.7 Å². The van der Waals surface area contributed by atoms with E-state index in [4.69, 9.17) is 0 Å². The van der Waals surface area contributed by atoms with Gasteiger partial charge in [-0.05, 0) is 54.4 Å². The fourth-order valence-electron chi connectivity index (χ4n) is 3.92. The van der Waals surface area contributed by atoms with Crippen LogP contribution in [0.2, 0.25) is 0 Å². The van der Waals surface area contributed by atoms with E-state index in [2.05, 4.69) is 10.2 Å². The number of carbonyl (C=O) groups is 1. The van der Waals surface area contributed by atoms with Crippen LogP contribution in [0.15, 0.2) is 78.0 Å². The van der Waals surface area contributed by atoms with Gasteiger partial charge in [0, 0.05) is 35.6 Å². The average molecular weight is 476 g/mol. The Morgan fingerprint density at radius 3 is 2.56 bits per heavy atom. The lowest BCUT2D eigenvalue weighted by Crippen LogP contribution is -2.30. The molecule has 0 fully saturated rings. The number of nitro benzene ring substituents is 1. The molecule has 0 N–H and O–H groups in total. The summed E-state index contributed by atoms with van der Waals surface area (Å²) in [6.45, 7) is 0.474. The number of fused-ring (bicyclic) bond motifs is 1. The molecule has 8 nitrogen and oxygen atoms in total. The smallest absolute Gasteiger partial charge is 0.269 e. The molecule has 1 amide bonds. The Labute approximate surface area is 198 Å². The van der Waals surface area contributed by atoms with Gasteiger partial charge in [-0.3, -0.25) is 19.5 Å². The van der Waals surface area contributed by atoms with E-state index in [1.165, 1.54) is 36.0 Å². The van der Waals surface area contributed by atoms with Crippen LogP contribution in [0.1, 0.15) is 5.56 Å². The first-order chi connectivity index (χ1) is 16.5. The van der Waals surface area contributed by atoms with E-state index in [0.717, 1.165) is 11.3 Å². The van der Waals surface area contributed by atoms with Crippen LogP contribution in [0, 0.1) is 15.9 Å². The molecule has 5 rings (SSSR count). The molecule has 2 heterocycles. The number of thioether (sulfide) groups is 1. The molecule has 4 aromatic rings. The predicted molar refractivity (Wildman–Crippen MR) is 127 cm³/mol. The predicted octanol–water partition coefficient (Wildman–Crippen LogP) is 4.66. The van der Waals surface area contributed by atoms with Crippen molar-refractivity contribution in [1.82, 2.24) is 14.8 Å². The Kier molecular flexibility index (Phi) is 5.81. The Bertz CT molecular complexity index is 1380. The number of benzene rings is 3. The molecular weight excluding hydrogens is 457 g/mol. The Morgan fingerprint density at radius 2 is 1.82 bits per heavy atom. The summed E-state index contributed by atoms with van der Waals surface area (Å²) in [5.41, 5.74) is 3.03. The van der Waals surface area contributed by atoms with Gasteiger partial charge in [0.25, 0.3) is 5.69 Å². The van der Waals surface area contributed by atoms with Gasteiger partial charge < -0.3 is 4.90 Å². The van der Waals surface area contributed by atoms with Gasteiger partial charge in [0.15, 0.2) is 11.0 Å². The largest absolute Gasteiger partial charge is 0.311 e. The molecular formula is C24H18FN5O3S. The summed E-state index contributed by atoms with van der Waals surface area (Å²) in [7, 11) is 0. The van der Waals surface area contributed by atoms with Crippen molar-refractivity contribution in [2.75, 3.05) is 17.2 Å². The van der Waals surface area contributed by atoms with Gasteiger partial charge >= 0.3 is 0 Å². The minimum Gasteiger partial charge on any atom is -0.311 e. The molecule has 0 atom stereocenters. The maximum absolute atomic E-state index is 13.4. The molecule has 34 heavy (non-hydrogen) atoms. The average Bonchev–Trinajstić information content (AvgIpc) is 3.47. The molecule has 1 aliphatic heterocycles. The van der Waals surface area contributed by atoms with Crippen molar-refractivity contribution in [3.8, 4) is 17.1 Å². The lowest BCUT2D eigenvalue weighted by Gasteiger charge is -2.17. The third kappa shape index (κ3) is 4.15. The van der Waals surface area contributed by atoms with Crippen molar-refractivity contribution in [2.45, 2.75) is 11.6 Å². The third-order valence-electron chi connectivity index (χ3n) is 5.55. The molecule has 3 aromatic carbocycles. The first-order valence-electron chi connectivity index (χ1n) is 10.5. The molecule has 0 spiro atoms. The molecule has 0 aliphatic carbocycles. The number of amides is 1. The monoisotopic (exact) mass is 475 g/mol. The Balaban J connectivity index is 1.40. The van der Waals surface area contributed by atoms with Gasteiger partial charge in [-0.15, -0.1) is 10.2 Å². The van der Waals surface area contributed by atoms with Crippen LogP contribution in [0.3, 0.4) is 0 Å². The highest BCUT2D eigenvalue weighted by atomic mass is 32.2. The zero-order valence-corrected chi connectivity index (χ0v) is 18.6. The number of hydrogen-bond donors (Lipinski definition) is 0. The van der Waals surface area contributed by atoms with Gasteiger partial charge in [0.2, 0.25) is 5.91 Å². The number of hydrogen-bond acceptors (Lipinski definition) is 6. The number of halogens is 1. The highest BCUT2D eigenvalue weighted by molar-refractivity contribution is 7.99.